The number of hydrogen-bond acceptors (Lipinski definition) is 2. The highest BCUT2D eigenvalue weighted by Gasteiger charge is 2.14. The molecule has 0 bridgehead atoms. The molecule has 1 amide bonds. The number of benzene rings is 2. The number of carbonyl (C=O) groups is 1. The van der Waals surface area contributed by atoms with Gasteiger partial charge in [0.15, 0.2) is 5.96 Å². The molecule has 0 saturated carbocycles. The Kier molecular flexibility index (Phi) is 12.0. The summed E-state index contributed by atoms with van der Waals surface area (Å²) in [6, 6.07) is 20.9. The largest absolute Gasteiger partial charge is 0.356 e. The second-order valence-corrected chi connectivity index (χ2v) is 6.35. The Labute approximate surface area is 185 Å². The van der Waals surface area contributed by atoms with E-state index in [0.29, 0.717) is 18.9 Å². The van der Waals surface area contributed by atoms with Crippen LogP contribution in [-0.4, -0.2) is 38.5 Å². The van der Waals surface area contributed by atoms with Crippen LogP contribution in [-0.2, 0) is 4.79 Å². The van der Waals surface area contributed by atoms with Crippen LogP contribution in [0.5, 0.6) is 0 Å². The Hall–Kier alpha value is -2.09. The van der Waals surface area contributed by atoms with Crippen LogP contribution in [0.3, 0.4) is 0 Å². The van der Waals surface area contributed by atoms with E-state index in [-0.39, 0.29) is 35.8 Å². The summed E-state index contributed by atoms with van der Waals surface area (Å²) in [5, 5.41) is 9.48. The monoisotopic (exact) mass is 494 g/mol. The van der Waals surface area contributed by atoms with Crippen molar-refractivity contribution >= 4 is 35.8 Å². The van der Waals surface area contributed by atoms with Crippen LogP contribution in [0.15, 0.2) is 65.7 Å². The predicted octanol–water partition coefficient (Wildman–Crippen LogP) is 3.52. The maximum absolute atomic E-state index is 11.7. The molecule has 152 valence electrons. The Bertz CT molecular complexity index is 667. The molecule has 5 nitrogen and oxygen atoms in total. The predicted molar refractivity (Wildman–Crippen MR) is 127 cm³/mol. The minimum atomic E-state index is 0. The lowest BCUT2D eigenvalue weighted by molar-refractivity contribution is -0.120. The molecule has 6 heteroatoms. The van der Waals surface area contributed by atoms with Gasteiger partial charge in [0.25, 0.3) is 0 Å². The summed E-state index contributed by atoms with van der Waals surface area (Å²) in [5.41, 5.74) is 2.51. The Morgan fingerprint density at radius 3 is 1.96 bits per heavy atom. The SMILES string of the molecule is CCCNC(=O)CCNC(=NC)NCC(c1ccccc1)c1ccccc1.I. The number of rotatable bonds is 9. The van der Waals surface area contributed by atoms with Gasteiger partial charge in [-0.1, -0.05) is 67.6 Å². The van der Waals surface area contributed by atoms with E-state index in [9.17, 15) is 4.79 Å². The maximum Gasteiger partial charge on any atom is 0.221 e. The van der Waals surface area contributed by atoms with Gasteiger partial charge in [-0.2, -0.15) is 0 Å². The van der Waals surface area contributed by atoms with Gasteiger partial charge in [0.2, 0.25) is 5.91 Å². The molecule has 0 spiro atoms. The van der Waals surface area contributed by atoms with Crippen LogP contribution in [0.2, 0.25) is 0 Å². The number of aliphatic imine (C=N–C) groups is 1. The summed E-state index contributed by atoms with van der Waals surface area (Å²) in [7, 11) is 1.74. The number of nitrogens with zero attached hydrogens (tertiary/aromatic N) is 1. The van der Waals surface area contributed by atoms with E-state index in [1.54, 1.807) is 7.05 Å². The van der Waals surface area contributed by atoms with Gasteiger partial charge in [0.1, 0.15) is 0 Å². The van der Waals surface area contributed by atoms with Crippen molar-refractivity contribution in [2.24, 2.45) is 4.99 Å². The van der Waals surface area contributed by atoms with Crippen LogP contribution < -0.4 is 16.0 Å². The number of halogens is 1. The molecule has 0 aromatic heterocycles. The van der Waals surface area contributed by atoms with E-state index < -0.39 is 0 Å². The maximum atomic E-state index is 11.7. The van der Waals surface area contributed by atoms with Crippen LogP contribution >= 0.6 is 24.0 Å². The molecule has 0 aliphatic heterocycles. The summed E-state index contributed by atoms with van der Waals surface area (Å²) < 4.78 is 0. The number of hydrogen-bond donors (Lipinski definition) is 3. The molecule has 0 radical (unpaired) electrons. The second-order valence-electron chi connectivity index (χ2n) is 6.35. The molecule has 0 atom stereocenters. The average molecular weight is 494 g/mol. The fraction of sp³-hybridized carbons (Fsp3) is 0.364. The molecule has 0 saturated heterocycles. The lowest BCUT2D eigenvalue weighted by atomic mass is 9.91. The first-order chi connectivity index (χ1) is 13.2. The second kappa shape index (κ2) is 14.0. The Morgan fingerprint density at radius 2 is 1.46 bits per heavy atom. The third kappa shape index (κ3) is 8.29. The van der Waals surface area contributed by atoms with Gasteiger partial charge in [-0.3, -0.25) is 9.79 Å². The van der Waals surface area contributed by atoms with E-state index >= 15 is 0 Å². The number of guanidine groups is 1. The third-order valence-electron chi connectivity index (χ3n) is 4.32. The molecule has 2 aromatic carbocycles. The topological polar surface area (TPSA) is 65.5 Å². The van der Waals surface area contributed by atoms with Crippen molar-refractivity contribution in [3.8, 4) is 0 Å². The first kappa shape index (κ1) is 23.9. The molecular weight excluding hydrogens is 463 g/mol. The van der Waals surface area contributed by atoms with Gasteiger partial charge < -0.3 is 16.0 Å². The molecule has 2 aromatic rings. The van der Waals surface area contributed by atoms with Crippen molar-refractivity contribution in [2.45, 2.75) is 25.7 Å². The Balaban J connectivity index is 0.00000392. The van der Waals surface area contributed by atoms with Crippen molar-refractivity contribution < 1.29 is 4.79 Å². The van der Waals surface area contributed by atoms with Crippen molar-refractivity contribution in [3.63, 3.8) is 0 Å². The highest BCUT2D eigenvalue weighted by molar-refractivity contribution is 14.0. The van der Waals surface area contributed by atoms with Crippen LogP contribution in [0.4, 0.5) is 0 Å². The summed E-state index contributed by atoms with van der Waals surface area (Å²) in [6.07, 6.45) is 1.38. The molecule has 0 aliphatic rings. The summed E-state index contributed by atoms with van der Waals surface area (Å²) >= 11 is 0. The lowest BCUT2D eigenvalue weighted by Crippen LogP contribution is -2.41. The van der Waals surface area contributed by atoms with Crippen molar-refractivity contribution in [2.75, 3.05) is 26.7 Å². The standard InChI is InChI=1S/C22H30N4O.HI/c1-3-15-24-21(27)14-16-25-22(23-2)26-17-20(18-10-6-4-7-11-18)19-12-8-5-9-13-19;/h4-13,20H,3,14-17H2,1-2H3,(H,24,27)(H2,23,25,26);1H. The summed E-state index contributed by atoms with van der Waals surface area (Å²) in [6.45, 7) is 4.04. The number of carbonyl (C=O) groups excluding carboxylic acids is 1. The molecule has 3 N–H and O–H groups in total. The van der Waals surface area contributed by atoms with Gasteiger partial charge in [-0.25, -0.2) is 0 Å². The first-order valence-electron chi connectivity index (χ1n) is 9.55. The highest BCUT2D eigenvalue weighted by atomic mass is 127. The zero-order valence-electron chi connectivity index (χ0n) is 16.7. The van der Waals surface area contributed by atoms with E-state index in [1.165, 1.54) is 11.1 Å². The molecule has 2 rings (SSSR count). The third-order valence-corrected chi connectivity index (χ3v) is 4.32. The molecule has 0 unspecified atom stereocenters. The molecule has 0 fully saturated rings. The van der Waals surface area contributed by atoms with Gasteiger partial charge in [0, 0.05) is 39.0 Å². The Morgan fingerprint density at radius 1 is 0.893 bits per heavy atom. The van der Waals surface area contributed by atoms with E-state index in [0.717, 1.165) is 19.5 Å². The van der Waals surface area contributed by atoms with E-state index in [2.05, 4.69) is 69.5 Å². The lowest BCUT2D eigenvalue weighted by Gasteiger charge is -2.20. The molecule has 0 aliphatic carbocycles. The van der Waals surface area contributed by atoms with E-state index in [1.807, 2.05) is 19.1 Å². The fourth-order valence-electron chi connectivity index (χ4n) is 2.87. The zero-order chi connectivity index (χ0) is 19.3. The van der Waals surface area contributed by atoms with Crippen molar-refractivity contribution in [1.82, 2.24) is 16.0 Å². The quantitative estimate of drug-likeness (QED) is 0.284. The number of amides is 1. The molecule has 0 heterocycles. The smallest absolute Gasteiger partial charge is 0.221 e. The zero-order valence-corrected chi connectivity index (χ0v) is 19.0. The van der Waals surface area contributed by atoms with Crippen LogP contribution in [0, 0.1) is 0 Å². The van der Waals surface area contributed by atoms with Gasteiger partial charge in [-0.15, -0.1) is 24.0 Å². The number of nitrogens with one attached hydrogen (secondary N) is 3. The normalized spacial score (nSPS) is 10.9. The minimum absolute atomic E-state index is 0. The van der Waals surface area contributed by atoms with Crippen LogP contribution in [0.1, 0.15) is 36.8 Å². The van der Waals surface area contributed by atoms with Gasteiger partial charge in [-0.05, 0) is 17.5 Å². The van der Waals surface area contributed by atoms with Gasteiger partial charge in [0.05, 0.1) is 0 Å². The fourth-order valence-corrected chi connectivity index (χ4v) is 2.87. The van der Waals surface area contributed by atoms with Crippen molar-refractivity contribution in [3.05, 3.63) is 71.8 Å². The average Bonchev–Trinajstić information content (AvgIpc) is 2.72. The summed E-state index contributed by atoms with van der Waals surface area (Å²) in [5.74, 6) is 0.986. The molecular formula is C22H31IN4O. The molecule has 28 heavy (non-hydrogen) atoms. The van der Waals surface area contributed by atoms with E-state index in [4.69, 9.17) is 0 Å². The summed E-state index contributed by atoms with van der Waals surface area (Å²) in [4.78, 5) is 16.0. The highest BCUT2D eigenvalue weighted by Crippen LogP contribution is 2.23. The van der Waals surface area contributed by atoms with Crippen molar-refractivity contribution in [1.29, 1.82) is 0 Å². The van der Waals surface area contributed by atoms with Gasteiger partial charge >= 0.3 is 0 Å². The minimum Gasteiger partial charge on any atom is -0.356 e. The first-order valence-corrected chi connectivity index (χ1v) is 9.55. The van der Waals surface area contributed by atoms with Crippen LogP contribution in [0.25, 0.3) is 0 Å².